The molecule has 0 aliphatic heterocycles. The third-order valence-electron chi connectivity index (χ3n) is 2.38. The minimum atomic E-state index is -0.278. The Morgan fingerprint density at radius 2 is 1.68 bits per heavy atom. The van der Waals surface area contributed by atoms with E-state index in [1.807, 2.05) is 19.9 Å². The van der Waals surface area contributed by atoms with Gasteiger partial charge in [0.25, 0.3) is 5.91 Å². The molecule has 0 aliphatic rings. The van der Waals surface area contributed by atoms with Crippen LogP contribution in [0.25, 0.3) is 0 Å². The van der Waals surface area contributed by atoms with Gasteiger partial charge in [-0.3, -0.25) is 15.6 Å². The summed E-state index contributed by atoms with van der Waals surface area (Å²) in [6.45, 7) is 3.72. The van der Waals surface area contributed by atoms with Crippen LogP contribution in [0.5, 0.6) is 0 Å². The molecule has 0 aliphatic carbocycles. The van der Waals surface area contributed by atoms with Gasteiger partial charge in [0.1, 0.15) is 0 Å². The fourth-order valence-corrected chi connectivity index (χ4v) is 1.69. The van der Waals surface area contributed by atoms with Gasteiger partial charge in [-0.2, -0.15) is 0 Å². The molecule has 0 fully saturated rings. The summed E-state index contributed by atoms with van der Waals surface area (Å²) < 4.78 is 0. The number of nitrogens with one attached hydrogen (secondary N) is 2. The van der Waals surface area contributed by atoms with Crippen LogP contribution in [-0.2, 0) is 0 Å². The molecule has 1 aromatic carbocycles. The number of rotatable bonds is 3. The van der Waals surface area contributed by atoms with Crippen molar-refractivity contribution in [1.82, 2.24) is 15.4 Å². The first-order valence-electron chi connectivity index (χ1n) is 5.69. The average molecular weight is 277 g/mol. The van der Waals surface area contributed by atoms with Crippen molar-refractivity contribution in [2.24, 2.45) is 0 Å². The number of halogens is 1. The largest absolute Gasteiger partial charge is 0.269 e. The summed E-state index contributed by atoms with van der Waals surface area (Å²) in [6.07, 6.45) is 0. The molecule has 1 amide bonds. The molecule has 0 unspecified atom stereocenters. The van der Waals surface area contributed by atoms with E-state index in [2.05, 4.69) is 20.8 Å². The zero-order valence-electron chi connectivity index (χ0n) is 10.6. The average Bonchev–Trinajstić information content (AvgIpc) is 2.36. The molecule has 0 saturated heterocycles. The summed E-state index contributed by atoms with van der Waals surface area (Å²) in [5.74, 6) is 0.0826. The number of nitrogens with zero attached hydrogens (tertiary/aromatic N) is 2. The number of carbonyl (C=O) groups is 1. The summed E-state index contributed by atoms with van der Waals surface area (Å²) >= 11 is 5.76. The van der Waals surface area contributed by atoms with Crippen molar-refractivity contribution in [3.63, 3.8) is 0 Å². The first-order valence-corrected chi connectivity index (χ1v) is 6.06. The van der Waals surface area contributed by atoms with E-state index >= 15 is 0 Å². The molecule has 0 radical (unpaired) electrons. The smallest absolute Gasteiger partial charge is 0.267 e. The second-order valence-electron chi connectivity index (χ2n) is 4.06. The SMILES string of the molecule is Cc1cc(C)nc(NNC(=O)c2ccc(Cl)cc2)n1. The molecule has 1 aromatic heterocycles. The van der Waals surface area contributed by atoms with Gasteiger partial charge in [0.2, 0.25) is 5.95 Å². The highest BCUT2D eigenvalue weighted by Crippen LogP contribution is 2.09. The van der Waals surface area contributed by atoms with Crippen molar-refractivity contribution in [3.05, 3.63) is 52.3 Å². The molecule has 2 N–H and O–H groups in total. The lowest BCUT2D eigenvalue weighted by Gasteiger charge is -2.08. The summed E-state index contributed by atoms with van der Waals surface area (Å²) in [4.78, 5) is 20.1. The first-order chi connectivity index (χ1) is 9.04. The van der Waals surface area contributed by atoms with Crippen LogP contribution in [0, 0.1) is 13.8 Å². The topological polar surface area (TPSA) is 66.9 Å². The monoisotopic (exact) mass is 276 g/mol. The van der Waals surface area contributed by atoms with Gasteiger partial charge in [-0.15, -0.1) is 0 Å². The van der Waals surface area contributed by atoms with Crippen molar-refractivity contribution < 1.29 is 4.79 Å². The molecule has 0 bridgehead atoms. The van der Waals surface area contributed by atoms with Crippen LogP contribution in [0.15, 0.2) is 30.3 Å². The van der Waals surface area contributed by atoms with E-state index in [1.165, 1.54) is 0 Å². The molecular formula is C13H13ClN4O. The van der Waals surface area contributed by atoms with Crippen molar-refractivity contribution in [2.45, 2.75) is 13.8 Å². The summed E-state index contributed by atoms with van der Waals surface area (Å²) in [5.41, 5.74) is 7.38. The number of hydrazine groups is 1. The fraction of sp³-hybridized carbons (Fsp3) is 0.154. The lowest BCUT2D eigenvalue weighted by molar-refractivity contribution is 0.0962. The molecule has 19 heavy (non-hydrogen) atoms. The van der Waals surface area contributed by atoms with Gasteiger partial charge in [0, 0.05) is 22.0 Å². The molecule has 2 rings (SSSR count). The van der Waals surface area contributed by atoms with Gasteiger partial charge in [0.05, 0.1) is 0 Å². The highest BCUT2D eigenvalue weighted by atomic mass is 35.5. The Morgan fingerprint density at radius 1 is 1.11 bits per heavy atom. The quantitative estimate of drug-likeness (QED) is 0.846. The summed E-state index contributed by atoms with van der Waals surface area (Å²) in [6, 6.07) is 8.45. The van der Waals surface area contributed by atoms with Crippen LogP contribution in [0.1, 0.15) is 21.7 Å². The molecular weight excluding hydrogens is 264 g/mol. The maximum absolute atomic E-state index is 11.8. The molecule has 2 aromatic rings. The van der Waals surface area contributed by atoms with Crippen LogP contribution in [0.2, 0.25) is 5.02 Å². The maximum Gasteiger partial charge on any atom is 0.269 e. The maximum atomic E-state index is 11.8. The minimum Gasteiger partial charge on any atom is -0.267 e. The van der Waals surface area contributed by atoms with Crippen LogP contribution in [0.3, 0.4) is 0 Å². The lowest BCUT2D eigenvalue weighted by atomic mass is 10.2. The highest BCUT2D eigenvalue weighted by molar-refractivity contribution is 6.30. The van der Waals surface area contributed by atoms with Gasteiger partial charge < -0.3 is 0 Å². The molecule has 0 atom stereocenters. The molecule has 6 heteroatoms. The van der Waals surface area contributed by atoms with E-state index in [4.69, 9.17) is 11.6 Å². The van der Waals surface area contributed by atoms with Crippen molar-refractivity contribution in [2.75, 3.05) is 5.43 Å². The molecule has 98 valence electrons. The predicted octanol–water partition coefficient (Wildman–Crippen LogP) is 2.50. The molecule has 0 saturated carbocycles. The zero-order chi connectivity index (χ0) is 13.8. The number of anilines is 1. The van der Waals surface area contributed by atoms with Crippen LogP contribution in [0.4, 0.5) is 5.95 Å². The Labute approximate surface area is 116 Å². The Morgan fingerprint density at radius 3 is 2.26 bits per heavy atom. The van der Waals surface area contributed by atoms with Gasteiger partial charge in [-0.1, -0.05) is 11.6 Å². The van der Waals surface area contributed by atoms with E-state index in [0.717, 1.165) is 11.4 Å². The van der Waals surface area contributed by atoms with E-state index in [1.54, 1.807) is 24.3 Å². The normalized spacial score (nSPS) is 10.1. The van der Waals surface area contributed by atoms with Crippen LogP contribution < -0.4 is 10.9 Å². The van der Waals surface area contributed by atoms with Gasteiger partial charge >= 0.3 is 0 Å². The summed E-state index contributed by atoms with van der Waals surface area (Å²) in [7, 11) is 0. The highest BCUT2D eigenvalue weighted by Gasteiger charge is 2.05. The number of hydrogen-bond donors (Lipinski definition) is 2. The van der Waals surface area contributed by atoms with Crippen molar-refractivity contribution in [3.8, 4) is 0 Å². The van der Waals surface area contributed by atoms with Gasteiger partial charge in [-0.05, 0) is 44.2 Å². The second kappa shape index (κ2) is 5.67. The second-order valence-corrected chi connectivity index (χ2v) is 4.50. The number of carbonyl (C=O) groups excluding carboxylic acids is 1. The molecule has 0 spiro atoms. The number of benzene rings is 1. The van der Waals surface area contributed by atoms with Gasteiger partial charge in [-0.25, -0.2) is 9.97 Å². The number of hydrogen-bond acceptors (Lipinski definition) is 4. The zero-order valence-corrected chi connectivity index (χ0v) is 11.3. The Hall–Kier alpha value is -2.14. The Kier molecular flexibility index (Phi) is 3.97. The molecule has 1 heterocycles. The Bertz CT molecular complexity index is 578. The van der Waals surface area contributed by atoms with Gasteiger partial charge in [0.15, 0.2) is 0 Å². The van der Waals surface area contributed by atoms with Crippen LogP contribution in [-0.4, -0.2) is 15.9 Å². The van der Waals surface area contributed by atoms with E-state index in [0.29, 0.717) is 16.5 Å². The van der Waals surface area contributed by atoms with Crippen LogP contribution >= 0.6 is 11.6 Å². The van der Waals surface area contributed by atoms with Crippen molar-refractivity contribution in [1.29, 1.82) is 0 Å². The lowest BCUT2D eigenvalue weighted by Crippen LogP contribution is -2.30. The number of aryl methyl sites for hydroxylation is 2. The van der Waals surface area contributed by atoms with E-state index in [-0.39, 0.29) is 5.91 Å². The third-order valence-corrected chi connectivity index (χ3v) is 2.63. The Balaban J connectivity index is 2.02. The standard InChI is InChI=1S/C13H13ClN4O/c1-8-7-9(2)16-13(15-8)18-17-12(19)10-3-5-11(14)6-4-10/h3-7H,1-2H3,(H,17,19)(H,15,16,18). The predicted molar refractivity (Wildman–Crippen MR) is 74.0 cm³/mol. The fourth-order valence-electron chi connectivity index (χ4n) is 1.57. The number of aromatic nitrogens is 2. The number of amides is 1. The summed E-state index contributed by atoms with van der Waals surface area (Å²) in [5, 5.41) is 0.585. The molecule has 5 nitrogen and oxygen atoms in total. The minimum absolute atomic E-state index is 0.278. The first kappa shape index (κ1) is 13.3. The van der Waals surface area contributed by atoms with E-state index < -0.39 is 0 Å². The van der Waals surface area contributed by atoms with E-state index in [9.17, 15) is 4.79 Å². The third kappa shape index (κ3) is 3.66. The van der Waals surface area contributed by atoms with Crippen molar-refractivity contribution >= 4 is 23.5 Å².